The Morgan fingerprint density at radius 2 is 0.867 bits per heavy atom. The summed E-state index contributed by atoms with van der Waals surface area (Å²) in [6.45, 7) is 0. The topological polar surface area (TPSA) is 6.02 Å². The van der Waals surface area contributed by atoms with Crippen molar-refractivity contribution in [2.75, 3.05) is 14.1 Å². The Bertz CT molecular complexity index is 1410. The van der Waals surface area contributed by atoms with Gasteiger partial charge in [0.05, 0.1) is 22.3 Å². The number of nitrogens with zero attached hydrogens (tertiary/aromatic N) is 2. The minimum absolute atomic E-state index is 0. The number of benzene rings is 4. The molecule has 0 aliphatic carbocycles. The Kier molecular flexibility index (Phi) is 4.66. The zero-order valence-corrected chi connectivity index (χ0v) is 18.0. The lowest BCUT2D eigenvalue weighted by Crippen LogP contribution is -2.17. The molecule has 0 saturated carbocycles. The number of fused-ring (bicyclic) bond motifs is 6. The molecule has 0 spiro atoms. The van der Waals surface area contributed by atoms with Crippen LogP contribution in [0.4, 0.5) is 11.4 Å². The summed E-state index contributed by atoms with van der Waals surface area (Å²) in [5, 5.41) is 5.07. The number of rotatable bonds is 0. The van der Waals surface area contributed by atoms with Crippen molar-refractivity contribution in [3.63, 3.8) is 0 Å². The quantitative estimate of drug-likeness (QED) is 0.302. The van der Waals surface area contributed by atoms with Crippen LogP contribution in [0.2, 0.25) is 0 Å². The van der Waals surface area contributed by atoms with Gasteiger partial charge < -0.3 is 14.9 Å². The van der Waals surface area contributed by atoms with E-state index < -0.39 is 0 Å². The van der Waals surface area contributed by atoms with Crippen molar-refractivity contribution in [2.45, 2.75) is 0 Å². The van der Waals surface area contributed by atoms with Crippen LogP contribution in [0.25, 0.3) is 22.3 Å². The number of para-hydroxylation sites is 2. The van der Waals surface area contributed by atoms with Crippen LogP contribution >= 0.6 is 0 Å². The van der Waals surface area contributed by atoms with Crippen molar-refractivity contribution in [2.24, 2.45) is 0 Å². The van der Waals surface area contributed by atoms with Crippen LogP contribution < -0.4 is 19.9 Å². The zero-order valence-electron chi connectivity index (χ0n) is 18.0. The zero-order chi connectivity index (χ0) is 18.8. The third-order valence-corrected chi connectivity index (χ3v) is 6.16. The summed E-state index contributed by atoms with van der Waals surface area (Å²) in [4.78, 5) is 0. The smallest absolute Gasteiger partial charge is 0.213 e. The third-order valence-electron chi connectivity index (χ3n) is 6.16. The molecule has 0 radical (unpaired) electrons. The molecule has 0 saturated heterocycles. The van der Waals surface area contributed by atoms with Crippen LogP contribution in [0.1, 0.15) is 0 Å². The molecule has 0 N–H and O–H groups in total. The van der Waals surface area contributed by atoms with E-state index >= 15 is 0 Å². The first-order valence-electron chi connectivity index (χ1n) is 9.67. The minimum atomic E-state index is 0. The standard InChI is InChI=1S/C26H20N2.2CH3/c1-27-23-9-5-3-7-19(23)21-15-17(11-13-25(21)27)18-12-14-26-22(16-18)20-8-4-6-10-24(20)28(26)2;;/h3-16H,1-2H3;2*1H3/q+2;2*-1/b18-17+;;. The SMILES string of the molecule is C[N+]1=c2cc/c(=c3/ccc4c(c3)-c3ccccc3[N+]=4C)cc2-c2ccccc21.[CH3-].[CH3-]. The predicted molar refractivity (Wildman–Crippen MR) is 127 cm³/mol. The molecule has 2 aliphatic heterocycles. The van der Waals surface area contributed by atoms with E-state index in [0.29, 0.717) is 0 Å². The molecule has 2 heterocycles. The van der Waals surface area contributed by atoms with Gasteiger partial charge in [0.1, 0.15) is 14.1 Å². The second-order valence-electron chi connectivity index (χ2n) is 7.62. The summed E-state index contributed by atoms with van der Waals surface area (Å²) in [7, 11) is 4.29. The van der Waals surface area contributed by atoms with Gasteiger partial charge in [-0.15, -0.1) is 0 Å². The number of hydrogen-bond donors (Lipinski definition) is 0. The third kappa shape index (κ3) is 2.57. The highest BCUT2D eigenvalue weighted by atomic mass is 15.0. The molecule has 2 heteroatoms. The molecule has 148 valence electrons. The molecule has 2 nitrogen and oxygen atoms in total. The van der Waals surface area contributed by atoms with E-state index in [1.54, 1.807) is 0 Å². The number of hydrogen-bond acceptors (Lipinski definition) is 0. The second-order valence-corrected chi connectivity index (χ2v) is 7.62. The van der Waals surface area contributed by atoms with Crippen molar-refractivity contribution < 1.29 is 0 Å². The molecule has 0 unspecified atom stereocenters. The molecule has 0 fully saturated rings. The normalized spacial score (nSPS) is 13.5. The van der Waals surface area contributed by atoms with Crippen molar-refractivity contribution in [1.82, 2.24) is 9.15 Å². The van der Waals surface area contributed by atoms with E-state index in [2.05, 4.69) is 108 Å². The van der Waals surface area contributed by atoms with Crippen LogP contribution in [0.15, 0.2) is 84.9 Å². The fourth-order valence-electron chi connectivity index (χ4n) is 4.69. The lowest BCUT2D eigenvalue weighted by atomic mass is 10.0. The molecular weight excluding hydrogens is 364 g/mol. The Balaban J connectivity index is 0.00000109. The van der Waals surface area contributed by atoms with Gasteiger partial charge in [-0.1, -0.05) is 24.3 Å². The molecule has 0 bridgehead atoms. The first-order valence-corrected chi connectivity index (χ1v) is 9.67. The molecular formula is C28H26N2. The van der Waals surface area contributed by atoms with Crippen molar-refractivity contribution >= 4 is 11.4 Å². The molecule has 30 heavy (non-hydrogen) atoms. The van der Waals surface area contributed by atoms with Crippen LogP contribution in [-0.4, -0.2) is 14.1 Å². The van der Waals surface area contributed by atoms with Crippen LogP contribution in [0, 0.1) is 25.3 Å². The maximum atomic E-state index is 2.34. The van der Waals surface area contributed by atoms with Crippen LogP contribution in [-0.2, 0) is 0 Å². The molecule has 2 aliphatic rings. The molecule has 4 aromatic rings. The van der Waals surface area contributed by atoms with Gasteiger partial charge in [0, 0.05) is 24.3 Å². The monoisotopic (exact) mass is 390 g/mol. The summed E-state index contributed by atoms with van der Waals surface area (Å²) in [5.41, 5.74) is 7.81. The van der Waals surface area contributed by atoms with Crippen molar-refractivity contribution in [3.05, 3.63) is 121 Å². The van der Waals surface area contributed by atoms with Crippen molar-refractivity contribution in [3.8, 4) is 22.3 Å². The average molecular weight is 391 g/mol. The summed E-state index contributed by atoms with van der Waals surface area (Å²) < 4.78 is 4.56. The van der Waals surface area contributed by atoms with Gasteiger partial charge in [-0.3, -0.25) is 0 Å². The van der Waals surface area contributed by atoms with Crippen LogP contribution in [0.5, 0.6) is 0 Å². The molecule has 0 aromatic heterocycles. The Morgan fingerprint density at radius 3 is 1.30 bits per heavy atom. The summed E-state index contributed by atoms with van der Waals surface area (Å²) in [5.74, 6) is 0. The Labute approximate surface area is 178 Å². The van der Waals surface area contributed by atoms with Gasteiger partial charge in [0.2, 0.25) is 22.1 Å². The van der Waals surface area contributed by atoms with Gasteiger partial charge >= 0.3 is 0 Å². The van der Waals surface area contributed by atoms with E-state index in [-0.39, 0.29) is 14.9 Å². The Hall–Kier alpha value is -3.52. The molecule has 0 atom stereocenters. The van der Waals surface area contributed by atoms with Gasteiger partial charge in [-0.05, 0) is 46.8 Å². The van der Waals surface area contributed by atoms with E-state index in [0.717, 1.165) is 0 Å². The van der Waals surface area contributed by atoms with E-state index in [9.17, 15) is 0 Å². The fourth-order valence-corrected chi connectivity index (χ4v) is 4.69. The first kappa shape index (κ1) is 19.8. The highest BCUT2D eigenvalue weighted by molar-refractivity contribution is 5.80. The van der Waals surface area contributed by atoms with E-state index in [4.69, 9.17) is 0 Å². The van der Waals surface area contributed by atoms with Gasteiger partial charge in [0.15, 0.2) is 0 Å². The average Bonchev–Trinajstić information content (AvgIpc) is 3.20. The second kappa shape index (κ2) is 7.07. The highest BCUT2D eigenvalue weighted by Crippen LogP contribution is 2.31. The first-order chi connectivity index (χ1) is 13.7. The van der Waals surface area contributed by atoms with Gasteiger partial charge in [-0.25, -0.2) is 0 Å². The van der Waals surface area contributed by atoms with Crippen LogP contribution in [0.3, 0.4) is 0 Å². The molecule has 4 aromatic carbocycles. The van der Waals surface area contributed by atoms with Gasteiger partial charge in [-0.2, -0.15) is 9.15 Å². The fraction of sp³-hybridized carbons (Fsp3) is 0.0714. The lowest BCUT2D eigenvalue weighted by molar-refractivity contribution is 0.918. The lowest BCUT2D eigenvalue weighted by Gasteiger charge is -1.96. The Morgan fingerprint density at radius 1 is 0.467 bits per heavy atom. The summed E-state index contributed by atoms with van der Waals surface area (Å²) in [6, 6.07) is 30.9. The van der Waals surface area contributed by atoms with E-state index in [1.165, 1.54) is 54.8 Å². The summed E-state index contributed by atoms with van der Waals surface area (Å²) >= 11 is 0. The summed E-state index contributed by atoms with van der Waals surface area (Å²) in [6.07, 6.45) is 0. The molecule has 6 rings (SSSR count). The highest BCUT2D eigenvalue weighted by Gasteiger charge is 2.25. The molecule has 0 amide bonds. The largest absolute Gasteiger partial charge is 0.358 e. The predicted octanol–water partition coefficient (Wildman–Crippen LogP) is 4.74. The van der Waals surface area contributed by atoms with Crippen molar-refractivity contribution in [1.29, 1.82) is 0 Å². The maximum Gasteiger partial charge on any atom is 0.213 e. The maximum absolute atomic E-state index is 2.34. The van der Waals surface area contributed by atoms with Gasteiger partial charge in [0.25, 0.3) is 0 Å². The van der Waals surface area contributed by atoms with E-state index in [1.807, 2.05) is 0 Å². The minimum Gasteiger partial charge on any atom is -0.358 e.